The summed E-state index contributed by atoms with van der Waals surface area (Å²) in [6, 6.07) is 1.01. The van der Waals surface area contributed by atoms with Gasteiger partial charge in [-0.1, -0.05) is 22.4 Å². The molecule has 2 heterocycles. The summed E-state index contributed by atoms with van der Waals surface area (Å²) in [5, 5.41) is 4.32. The lowest BCUT2D eigenvalue weighted by atomic mass is 9.99. The standard InChI is InChI=1S/C12H21BrN2O/c1-9-5-3-6-10(2)15(9)14-8-4-7-11(13)12(14)16/h9-11H,3-8H2,1-2H3. The molecule has 2 aliphatic heterocycles. The maximum absolute atomic E-state index is 12.2. The first-order valence-corrected chi connectivity index (χ1v) is 7.26. The number of hydrogen-bond acceptors (Lipinski definition) is 2. The van der Waals surface area contributed by atoms with E-state index in [1.165, 1.54) is 19.3 Å². The first-order chi connectivity index (χ1) is 7.61. The van der Waals surface area contributed by atoms with Crippen LogP contribution in [0.5, 0.6) is 0 Å². The Kier molecular flexibility index (Phi) is 3.90. The Morgan fingerprint density at radius 1 is 1.12 bits per heavy atom. The molecule has 3 unspecified atom stereocenters. The number of piperidine rings is 2. The first-order valence-electron chi connectivity index (χ1n) is 6.35. The molecule has 0 aromatic heterocycles. The van der Waals surface area contributed by atoms with Gasteiger partial charge in [-0.3, -0.25) is 9.80 Å². The summed E-state index contributed by atoms with van der Waals surface area (Å²) in [6.45, 7) is 5.37. The average molecular weight is 289 g/mol. The number of nitrogens with zero attached hydrogens (tertiary/aromatic N) is 2. The minimum atomic E-state index is 0.0302. The number of halogens is 1. The summed E-state index contributed by atoms with van der Waals surface area (Å²) >= 11 is 3.48. The molecule has 0 saturated carbocycles. The molecule has 2 aliphatic rings. The summed E-state index contributed by atoms with van der Waals surface area (Å²) < 4.78 is 0. The van der Waals surface area contributed by atoms with Crippen LogP contribution in [-0.4, -0.2) is 39.4 Å². The highest BCUT2D eigenvalue weighted by atomic mass is 79.9. The third-order valence-electron chi connectivity index (χ3n) is 3.78. The van der Waals surface area contributed by atoms with Crippen LogP contribution < -0.4 is 0 Å². The van der Waals surface area contributed by atoms with Crippen molar-refractivity contribution in [3.05, 3.63) is 0 Å². The van der Waals surface area contributed by atoms with Gasteiger partial charge in [-0.2, -0.15) is 0 Å². The SMILES string of the molecule is CC1CCCC(C)N1N1CCCC(Br)C1=O. The predicted molar refractivity (Wildman–Crippen MR) is 68.3 cm³/mol. The van der Waals surface area contributed by atoms with Crippen LogP contribution in [0.2, 0.25) is 0 Å². The van der Waals surface area contributed by atoms with Crippen LogP contribution >= 0.6 is 15.9 Å². The van der Waals surface area contributed by atoms with Crippen molar-refractivity contribution in [2.45, 2.75) is 62.9 Å². The fourth-order valence-electron chi connectivity index (χ4n) is 2.93. The van der Waals surface area contributed by atoms with Gasteiger partial charge in [0.1, 0.15) is 0 Å². The minimum Gasteiger partial charge on any atom is -0.274 e. The van der Waals surface area contributed by atoms with Gasteiger partial charge in [0.2, 0.25) is 0 Å². The summed E-state index contributed by atoms with van der Waals surface area (Å²) in [5.74, 6) is 0.256. The molecule has 0 radical (unpaired) electrons. The third-order valence-corrected chi connectivity index (χ3v) is 4.63. The number of hydrazine groups is 1. The topological polar surface area (TPSA) is 23.6 Å². The maximum atomic E-state index is 12.2. The molecule has 4 heteroatoms. The summed E-state index contributed by atoms with van der Waals surface area (Å²) in [4.78, 5) is 12.2. The quantitative estimate of drug-likeness (QED) is 0.693. The minimum absolute atomic E-state index is 0.0302. The van der Waals surface area contributed by atoms with Crippen LogP contribution in [-0.2, 0) is 4.79 Å². The normalized spacial score (nSPS) is 37.8. The molecule has 16 heavy (non-hydrogen) atoms. The molecule has 1 amide bonds. The molecule has 0 aromatic rings. The van der Waals surface area contributed by atoms with Gasteiger partial charge in [0, 0.05) is 18.6 Å². The number of alkyl halides is 1. The Morgan fingerprint density at radius 3 is 2.38 bits per heavy atom. The predicted octanol–water partition coefficient (Wildman–Crippen LogP) is 2.55. The van der Waals surface area contributed by atoms with Gasteiger partial charge < -0.3 is 0 Å². The van der Waals surface area contributed by atoms with Crippen LogP contribution in [0.25, 0.3) is 0 Å². The van der Waals surface area contributed by atoms with E-state index >= 15 is 0 Å². The average Bonchev–Trinajstić information content (AvgIpc) is 2.24. The van der Waals surface area contributed by atoms with E-state index in [1.807, 2.05) is 5.01 Å². The number of amides is 1. The fraction of sp³-hybridized carbons (Fsp3) is 0.917. The van der Waals surface area contributed by atoms with Crippen LogP contribution in [0, 0.1) is 0 Å². The number of hydrogen-bond donors (Lipinski definition) is 0. The van der Waals surface area contributed by atoms with Crippen molar-refractivity contribution >= 4 is 21.8 Å². The molecule has 0 aromatic carbocycles. The summed E-state index contributed by atoms with van der Waals surface area (Å²) in [5.41, 5.74) is 0. The highest BCUT2D eigenvalue weighted by Gasteiger charge is 2.36. The molecule has 2 rings (SSSR count). The highest BCUT2D eigenvalue weighted by Crippen LogP contribution is 2.28. The van der Waals surface area contributed by atoms with E-state index in [0.29, 0.717) is 12.1 Å². The Labute approximate surface area is 106 Å². The Hall–Kier alpha value is -0.0900. The van der Waals surface area contributed by atoms with Crippen LogP contribution in [0.1, 0.15) is 46.0 Å². The maximum Gasteiger partial charge on any atom is 0.250 e. The van der Waals surface area contributed by atoms with Crippen molar-refractivity contribution < 1.29 is 4.79 Å². The molecule has 0 bridgehead atoms. The molecule has 0 spiro atoms. The molecular formula is C12H21BrN2O. The molecular weight excluding hydrogens is 268 g/mol. The van der Waals surface area contributed by atoms with Gasteiger partial charge in [-0.15, -0.1) is 0 Å². The monoisotopic (exact) mass is 288 g/mol. The summed E-state index contributed by atoms with van der Waals surface area (Å²) in [7, 11) is 0. The largest absolute Gasteiger partial charge is 0.274 e. The smallest absolute Gasteiger partial charge is 0.250 e. The van der Waals surface area contributed by atoms with Gasteiger partial charge in [-0.05, 0) is 39.5 Å². The van der Waals surface area contributed by atoms with Crippen molar-refractivity contribution in [3.8, 4) is 0 Å². The highest BCUT2D eigenvalue weighted by molar-refractivity contribution is 9.10. The van der Waals surface area contributed by atoms with Crippen molar-refractivity contribution in [2.24, 2.45) is 0 Å². The van der Waals surface area contributed by atoms with Crippen molar-refractivity contribution in [3.63, 3.8) is 0 Å². The van der Waals surface area contributed by atoms with E-state index in [-0.39, 0.29) is 10.7 Å². The van der Waals surface area contributed by atoms with Crippen LogP contribution in [0.3, 0.4) is 0 Å². The van der Waals surface area contributed by atoms with Crippen LogP contribution in [0.4, 0.5) is 0 Å². The second-order valence-electron chi connectivity index (χ2n) is 5.08. The first kappa shape index (κ1) is 12.4. The van der Waals surface area contributed by atoms with E-state index in [9.17, 15) is 4.79 Å². The Balaban J connectivity index is 2.11. The van der Waals surface area contributed by atoms with E-state index in [2.05, 4.69) is 34.8 Å². The molecule has 0 N–H and O–H groups in total. The molecule has 2 fully saturated rings. The summed E-state index contributed by atoms with van der Waals surface area (Å²) in [6.07, 6.45) is 5.80. The van der Waals surface area contributed by atoms with Gasteiger partial charge in [-0.25, -0.2) is 5.01 Å². The lowest BCUT2D eigenvalue weighted by Gasteiger charge is -2.47. The van der Waals surface area contributed by atoms with E-state index in [0.717, 1.165) is 19.4 Å². The lowest BCUT2D eigenvalue weighted by Crippen LogP contribution is -2.59. The number of carbonyl (C=O) groups excluding carboxylic acids is 1. The van der Waals surface area contributed by atoms with E-state index < -0.39 is 0 Å². The third kappa shape index (κ3) is 2.28. The Bertz CT molecular complexity index is 262. The van der Waals surface area contributed by atoms with Gasteiger partial charge >= 0.3 is 0 Å². The lowest BCUT2D eigenvalue weighted by molar-refractivity contribution is -0.166. The van der Waals surface area contributed by atoms with E-state index in [1.54, 1.807) is 0 Å². The second kappa shape index (κ2) is 5.05. The zero-order valence-corrected chi connectivity index (χ0v) is 11.7. The van der Waals surface area contributed by atoms with Crippen molar-refractivity contribution in [2.75, 3.05) is 6.54 Å². The molecule has 0 aliphatic carbocycles. The molecule has 3 nitrogen and oxygen atoms in total. The van der Waals surface area contributed by atoms with Crippen molar-refractivity contribution in [1.29, 1.82) is 0 Å². The van der Waals surface area contributed by atoms with Gasteiger partial charge in [0.05, 0.1) is 4.83 Å². The van der Waals surface area contributed by atoms with Crippen LogP contribution in [0.15, 0.2) is 0 Å². The molecule has 92 valence electrons. The van der Waals surface area contributed by atoms with E-state index in [4.69, 9.17) is 0 Å². The van der Waals surface area contributed by atoms with Gasteiger partial charge in [0.15, 0.2) is 0 Å². The van der Waals surface area contributed by atoms with Gasteiger partial charge in [0.25, 0.3) is 5.91 Å². The molecule has 3 atom stereocenters. The number of rotatable bonds is 1. The Morgan fingerprint density at radius 2 is 1.75 bits per heavy atom. The van der Waals surface area contributed by atoms with Crippen molar-refractivity contribution in [1.82, 2.24) is 10.0 Å². The second-order valence-corrected chi connectivity index (χ2v) is 6.19. The zero-order valence-electron chi connectivity index (χ0n) is 10.2. The number of carbonyl (C=O) groups is 1. The zero-order chi connectivity index (χ0) is 11.7. The fourth-order valence-corrected chi connectivity index (χ4v) is 3.49. The molecule has 2 saturated heterocycles.